The third-order valence-corrected chi connectivity index (χ3v) is 5.80. The lowest BCUT2D eigenvalue weighted by atomic mass is 10.2. The summed E-state index contributed by atoms with van der Waals surface area (Å²) in [6.07, 6.45) is 1.95. The SMILES string of the molecule is [C-]#[N+]C(c1ccc(SC)cc1)S(=O)(=O)c1ccc(C)cc1. The van der Waals surface area contributed by atoms with Gasteiger partial charge in [0.2, 0.25) is 0 Å². The summed E-state index contributed by atoms with van der Waals surface area (Å²) >= 11 is 1.58. The largest absolute Gasteiger partial charge is 0.350 e. The molecule has 0 heterocycles. The lowest BCUT2D eigenvalue weighted by Crippen LogP contribution is -2.10. The molecule has 0 amide bonds. The van der Waals surface area contributed by atoms with Crippen LogP contribution in [0, 0.1) is 13.5 Å². The second kappa shape index (κ2) is 6.33. The lowest BCUT2D eigenvalue weighted by Gasteiger charge is -2.08. The van der Waals surface area contributed by atoms with Crippen LogP contribution in [0.25, 0.3) is 4.85 Å². The Morgan fingerprint density at radius 2 is 1.62 bits per heavy atom. The first kappa shape index (κ1) is 15.6. The molecule has 0 saturated carbocycles. The number of aryl methyl sites for hydroxylation is 1. The molecule has 0 spiro atoms. The van der Waals surface area contributed by atoms with Gasteiger partial charge in [0.15, 0.2) is 0 Å². The Hall–Kier alpha value is -1.77. The van der Waals surface area contributed by atoms with Crippen LogP contribution >= 0.6 is 11.8 Å². The zero-order valence-electron chi connectivity index (χ0n) is 11.8. The molecule has 0 aliphatic heterocycles. The fourth-order valence-electron chi connectivity index (χ4n) is 1.95. The van der Waals surface area contributed by atoms with Crippen LogP contribution in [-0.2, 0) is 9.84 Å². The van der Waals surface area contributed by atoms with Crippen LogP contribution < -0.4 is 0 Å². The van der Waals surface area contributed by atoms with Gasteiger partial charge in [-0.15, -0.1) is 11.8 Å². The smallest absolute Gasteiger partial charge is 0.291 e. The summed E-state index contributed by atoms with van der Waals surface area (Å²) in [6, 6.07) is 13.7. The fourth-order valence-corrected chi connectivity index (χ4v) is 3.78. The fraction of sp³-hybridized carbons (Fsp3) is 0.188. The molecule has 0 bridgehead atoms. The molecule has 108 valence electrons. The first-order chi connectivity index (χ1) is 9.98. The van der Waals surface area contributed by atoms with Gasteiger partial charge in [-0.3, -0.25) is 4.85 Å². The van der Waals surface area contributed by atoms with E-state index in [-0.39, 0.29) is 4.90 Å². The van der Waals surface area contributed by atoms with Gasteiger partial charge in [0.25, 0.3) is 9.84 Å². The van der Waals surface area contributed by atoms with E-state index >= 15 is 0 Å². The van der Waals surface area contributed by atoms with Crippen molar-refractivity contribution in [2.75, 3.05) is 6.26 Å². The van der Waals surface area contributed by atoms with E-state index in [0.29, 0.717) is 5.56 Å². The van der Waals surface area contributed by atoms with Crippen LogP contribution in [0.5, 0.6) is 0 Å². The molecule has 0 saturated heterocycles. The predicted molar refractivity (Wildman–Crippen MR) is 85.9 cm³/mol. The Morgan fingerprint density at radius 3 is 2.10 bits per heavy atom. The van der Waals surface area contributed by atoms with Gasteiger partial charge in [0.1, 0.15) is 0 Å². The number of rotatable bonds is 4. The van der Waals surface area contributed by atoms with E-state index in [1.54, 1.807) is 48.2 Å². The van der Waals surface area contributed by atoms with Crippen molar-refractivity contribution in [3.8, 4) is 0 Å². The molecule has 2 rings (SSSR count). The number of hydrogen-bond acceptors (Lipinski definition) is 3. The van der Waals surface area contributed by atoms with Crippen molar-refractivity contribution in [2.24, 2.45) is 0 Å². The van der Waals surface area contributed by atoms with Crippen LogP contribution in [0.1, 0.15) is 16.5 Å². The summed E-state index contributed by atoms with van der Waals surface area (Å²) in [6.45, 7) is 9.18. The average Bonchev–Trinajstić information content (AvgIpc) is 2.49. The Kier molecular flexibility index (Phi) is 4.71. The standard InChI is InChI=1S/C16H15NO2S2/c1-12-4-10-15(11-5-12)21(18,19)16(17-2)13-6-8-14(20-3)9-7-13/h4-11,16H,1,3H3. The lowest BCUT2D eigenvalue weighted by molar-refractivity contribution is 0.590. The summed E-state index contributed by atoms with van der Waals surface area (Å²) in [5.74, 6) is 0. The average molecular weight is 317 g/mol. The molecule has 0 aliphatic rings. The maximum Gasteiger partial charge on any atom is 0.350 e. The molecule has 0 radical (unpaired) electrons. The van der Waals surface area contributed by atoms with Crippen molar-refractivity contribution >= 4 is 21.6 Å². The Morgan fingerprint density at radius 1 is 1.05 bits per heavy atom. The second-order valence-corrected chi connectivity index (χ2v) is 7.50. The first-order valence-corrected chi connectivity index (χ1v) is 9.07. The highest BCUT2D eigenvalue weighted by Crippen LogP contribution is 2.31. The topological polar surface area (TPSA) is 38.5 Å². The van der Waals surface area contributed by atoms with Crippen LogP contribution in [0.3, 0.4) is 0 Å². The van der Waals surface area contributed by atoms with Crippen LogP contribution in [0.15, 0.2) is 58.3 Å². The summed E-state index contributed by atoms with van der Waals surface area (Å²) in [5, 5.41) is -1.20. The highest BCUT2D eigenvalue weighted by Gasteiger charge is 2.34. The van der Waals surface area contributed by atoms with Gasteiger partial charge in [0, 0.05) is 4.90 Å². The van der Waals surface area contributed by atoms with E-state index in [1.165, 1.54) is 0 Å². The Balaban J connectivity index is 2.44. The Bertz CT molecular complexity index is 757. The van der Waals surface area contributed by atoms with Crippen LogP contribution in [0.2, 0.25) is 0 Å². The van der Waals surface area contributed by atoms with Gasteiger partial charge in [-0.05, 0) is 49.6 Å². The highest BCUT2D eigenvalue weighted by molar-refractivity contribution is 7.98. The summed E-state index contributed by atoms with van der Waals surface area (Å²) in [4.78, 5) is 4.56. The zero-order valence-corrected chi connectivity index (χ0v) is 13.4. The minimum atomic E-state index is -3.70. The summed E-state index contributed by atoms with van der Waals surface area (Å²) in [7, 11) is -3.70. The van der Waals surface area contributed by atoms with Crippen molar-refractivity contribution in [3.63, 3.8) is 0 Å². The van der Waals surface area contributed by atoms with Gasteiger partial charge in [-0.1, -0.05) is 17.7 Å². The number of hydrogen-bond donors (Lipinski definition) is 0. The summed E-state index contributed by atoms with van der Waals surface area (Å²) in [5.41, 5.74) is 1.49. The minimum Gasteiger partial charge on any atom is -0.291 e. The molecule has 3 nitrogen and oxygen atoms in total. The van der Waals surface area contributed by atoms with Crippen LogP contribution in [-0.4, -0.2) is 14.7 Å². The predicted octanol–water partition coefficient (Wildman–Crippen LogP) is 4.11. The number of benzene rings is 2. The molecule has 2 aromatic rings. The van der Waals surface area contributed by atoms with E-state index < -0.39 is 15.2 Å². The maximum atomic E-state index is 12.6. The first-order valence-electron chi connectivity index (χ1n) is 6.30. The molecular weight excluding hydrogens is 302 g/mol. The maximum absolute atomic E-state index is 12.6. The molecular formula is C16H15NO2S2. The van der Waals surface area contributed by atoms with Gasteiger partial charge in [-0.25, -0.2) is 15.0 Å². The molecule has 0 aliphatic carbocycles. The van der Waals surface area contributed by atoms with Crippen molar-refractivity contribution < 1.29 is 8.42 Å². The quantitative estimate of drug-likeness (QED) is 0.629. The zero-order chi connectivity index (χ0) is 15.5. The summed E-state index contributed by atoms with van der Waals surface area (Å²) < 4.78 is 25.2. The van der Waals surface area contributed by atoms with Crippen LogP contribution in [0.4, 0.5) is 0 Å². The highest BCUT2D eigenvalue weighted by atomic mass is 32.2. The Labute approximate surface area is 129 Å². The molecule has 1 atom stereocenters. The van der Waals surface area contributed by atoms with E-state index in [0.717, 1.165) is 10.5 Å². The minimum absolute atomic E-state index is 0.183. The van der Waals surface area contributed by atoms with Crippen molar-refractivity contribution in [1.29, 1.82) is 0 Å². The normalized spacial score (nSPS) is 12.6. The van der Waals surface area contributed by atoms with Gasteiger partial charge in [0.05, 0.1) is 10.5 Å². The van der Waals surface area contributed by atoms with E-state index in [9.17, 15) is 8.42 Å². The van der Waals surface area contributed by atoms with Gasteiger partial charge >= 0.3 is 5.37 Å². The molecule has 5 heteroatoms. The molecule has 0 fully saturated rings. The van der Waals surface area contributed by atoms with Gasteiger partial charge < -0.3 is 0 Å². The van der Waals surface area contributed by atoms with E-state index in [2.05, 4.69) is 4.85 Å². The monoisotopic (exact) mass is 317 g/mol. The van der Waals surface area contributed by atoms with Crippen molar-refractivity contribution in [2.45, 2.75) is 22.1 Å². The third kappa shape index (κ3) is 3.29. The number of sulfone groups is 1. The molecule has 0 N–H and O–H groups in total. The molecule has 0 aromatic heterocycles. The molecule has 21 heavy (non-hydrogen) atoms. The number of thioether (sulfide) groups is 1. The van der Waals surface area contributed by atoms with Crippen molar-refractivity contribution in [1.82, 2.24) is 0 Å². The van der Waals surface area contributed by atoms with Crippen molar-refractivity contribution in [3.05, 3.63) is 71.1 Å². The molecule has 1 unspecified atom stereocenters. The second-order valence-electron chi connectivity index (χ2n) is 4.61. The third-order valence-electron chi connectivity index (χ3n) is 3.16. The van der Waals surface area contributed by atoms with Gasteiger partial charge in [-0.2, -0.15) is 0 Å². The van der Waals surface area contributed by atoms with E-state index in [1.807, 2.05) is 25.3 Å². The molecule has 2 aromatic carbocycles. The van der Waals surface area contributed by atoms with E-state index in [4.69, 9.17) is 6.57 Å². The number of nitrogens with zero attached hydrogens (tertiary/aromatic N) is 1.